The summed E-state index contributed by atoms with van der Waals surface area (Å²) >= 11 is 1.76. The van der Waals surface area contributed by atoms with Crippen molar-refractivity contribution in [3.63, 3.8) is 0 Å². The van der Waals surface area contributed by atoms with E-state index in [1.165, 1.54) is 16.9 Å². The first-order chi connectivity index (χ1) is 12.7. The van der Waals surface area contributed by atoms with E-state index < -0.39 is 0 Å². The molecule has 1 heterocycles. The van der Waals surface area contributed by atoms with Crippen LogP contribution in [0.25, 0.3) is 5.57 Å². The van der Waals surface area contributed by atoms with E-state index in [2.05, 4.69) is 42.2 Å². The molecule has 4 rings (SSSR count). The fraction of sp³-hybridized carbons (Fsp3) is 0.0455. The average molecular weight is 359 g/mol. The first kappa shape index (κ1) is 16.5. The van der Waals surface area contributed by atoms with Gasteiger partial charge in [-0.3, -0.25) is 0 Å². The van der Waals surface area contributed by atoms with Crippen LogP contribution in [0.2, 0.25) is 0 Å². The minimum absolute atomic E-state index is 0.337. The summed E-state index contributed by atoms with van der Waals surface area (Å²) in [4.78, 5) is 14.0. The van der Waals surface area contributed by atoms with Crippen molar-refractivity contribution in [2.24, 2.45) is 0 Å². The minimum atomic E-state index is -0.337. The van der Waals surface area contributed by atoms with Crippen molar-refractivity contribution in [3.05, 3.63) is 90.0 Å². The summed E-state index contributed by atoms with van der Waals surface area (Å²) in [6, 6.07) is 21.9. The van der Waals surface area contributed by atoms with Crippen LogP contribution in [-0.2, 0) is 4.74 Å². The number of esters is 1. The molecule has 0 spiro atoms. The maximum atomic E-state index is 11.6. The van der Waals surface area contributed by atoms with Gasteiger partial charge in [-0.25, -0.2) is 4.79 Å². The number of rotatable bonds is 3. The molecule has 3 nitrogen and oxygen atoms in total. The van der Waals surface area contributed by atoms with Crippen molar-refractivity contribution in [1.82, 2.24) is 0 Å². The Kier molecular flexibility index (Phi) is 4.27. The van der Waals surface area contributed by atoms with Crippen molar-refractivity contribution in [2.75, 3.05) is 12.4 Å². The summed E-state index contributed by atoms with van der Waals surface area (Å²) in [5, 5.41) is 3.50. The molecular formula is C22H17NO2S. The van der Waals surface area contributed by atoms with Gasteiger partial charge in [0.1, 0.15) is 0 Å². The third-order valence-corrected chi connectivity index (χ3v) is 5.51. The molecule has 4 heteroatoms. The summed E-state index contributed by atoms with van der Waals surface area (Å²) in [6.45, 7) is 4.23. The van der Waals surface area contributed by atoms with Crippen molar-refractivity contribution >= 4 is 34.7 Å². The van der Waals surface area contributed by atoms with E-state index in [1.54, 1.807) is 23.9 Å². The summed E-state index contributed by atoms with van der Waals surface area (Å²) in [5.74, 6) is -0.337. The summed E-state index contributed by atoms with van der Waals surface area (Å²) in [5.41, 5.74) is 5.66. The zero-order valence-electron chi connectivity index (χ0n) is 14.3. The lowest BCUT2D eigenvalue weighted by Gasteiger charge is -2.21. The predicted octanol–water partition coefficient (Wildman–Crippen LogP) is 5.74. The van der Waals surface area contributed by atoms with Gasteiger partial charge < -0.3 is 10.1 Å². The molecule has 1 aliphatic heterocycles. The lowest BCUT2D eigenvalue weighted by Crippen LogP contribution is -2.01. The molecule has 0 unspecified atom stereocenters. The smallest absolute Gasteiger partial charge is 0.337 e. The van der Waals surface area contributed by atoms with Gasteiger partial charge in [-0.15, -0.1) is 0 Å². The normalized spacial score (nSPS) is 11.7. The number of carbonyl (C=O) groups excluding carboxylic acids is 1. The van der Waals surface area contributed by atoms with Crippen LogP contribution >= 0.6 is 11.8 Å². The molecule has 26 heavy (non-hydrogen) atoms. The Balaban J connectivity index is 1.61. The molecule has 3 aromatic rings. The third kappa shape index (κ3) is 3.00. The van der Waals surface area contributed by atoms with Gasteiger partial charge in [-0.05, 0) is 53.1 Å². The molecule has 0 amide bonds. The van der Waals surface area contributed by atoms with E-state index in [9.17, 15) is 4.79 Å². The first-order valence-electron chi connectivity index (χ1n) is 8.22. The van der Waals surface area contributed by atoms with Gasteiger partial charge in [0.25, 0.3) is 0 Å². The van der Waals surface area contributed by atoms with Crippen molar-refractivity contribution in [3.8, 4) is 0 Å². The zero-order chi connectivity index (χ0) is 18.1. The second kappa shape index (κ2) is 6.73. The first-order valence-corrected chi connectivity index (χ1v) is 9.03. The zero-order valence-corrected chi connectivity index (χ0v) is 15.1. The Labute approximate surface area is 156 Å². The molecule has 3 aromatic carbocycles. The second-order valence-electron chi connectivity index (χ2n) is 5.98. The van der Waals surface area contributed by atoms with Crippen molar-refractivity contribution in [1.29, 1.82) is 0 Å². The third-order valence-electron chi connectivity index (χ3n) is 4.36. The van der Waals surface area contributed by atoms with E-state index >= 15 is 0 Å². The number of carbonyl (C=O) groups is 1. The molecule has 0 atom stereocenters. The number of methoxy groups -OCH3 is 1. The van der Waals surface area contributed by atoms with E-state index in [4.69, 9.17) is 4.74 Å². The number of hydrogen-bond donors (Lipinski definition) is 1. The monoisotopic (exact) mass is 359 g/mol. The van der Waals surface area contributed by atoms with Crippen molar-refractivity contribution in [2.45, 2.75) is 9.79 Å². The largest absolute Gasteiger partial charge is 0.465 e. The number of anilines is 2. The van der Waals surface area contributed by atoms with Crippen LogP contribution in [0.15, 0.2) is 83.1 Å². The highest BCUT2D eigenvalue weighted by Gasteiger charge is 2.16. The molecule has 0 fully saturated rings. The molecule has 1 aliphatic rings. The maximum absolute atomic E-state index is 11.6. The topological polar surface area (TPSA) is 38.3 Å². The van der Waals surface area contributed by atoms with Crippen molar-refractivity contribution < 1.29 is 9.53 Å². The number of nitrogens with one attached hydrogen (secondary N) is 1. The Morgan fingerprint density at radius 2 is 1.54 bits per heavy atom. The minimum Gasteiger partial charge on any atom is -0.465 e. The molecule has 0 aliphatic carbocycles. The van der Waals surface area contributed by atoms with E-state index in [1.807, 2.05) is 24.3 Å². The number of hydrogen-bond acceptors (Lipinski definition) is 4. The van der Waals surface area contributed by atoms with Gasteiger partial charge >= 0.3 is 5.97 Å². The Hall–Kier alpha value is -2.98. The average Bonchev–Trinajstić information content (AvgIpc) is 2.70. The van der Waals surface area contributed by atoms with Crippen LogP contribution in [0.5, 0.6) is 0 Å². The lowest BCUT2D eigenvalue weighted by molar-refractivity contribution is 0.0600. The molecule has 0 radical (unpaired) electrons. The van der Waals surface area contributed by atoms with E-state index in [-0.39, 0.29) is 5.97 Å². The quantitative estimate of drug-likeness (QED) is 0.473. The lowest BCUT2D eigenvalue weighted by atomic mass is 9.98. The molecule has 128 valence electrons. The second-order valence-corrected chi connectivity index (χ2v) is 7.07. The summed E-state index contributed by atoms with van der Waals surface area (Å²) < 4.78 is 4.74. The van der Waals surface area contributed by atoms with Crippen LogP contribution in [-0.4, -0.2) is 13.1 Å². The van der Waals surface area contributed by atoms with Crippen LogP contribution in [0.3, 0.4) is 0 Å². The van der Waals surface area contributed by atoms with Crippen LogP contribution in [0.4, 0.5) is 11.4 Å². The number of fused-ring (bicyclic) bond motifs is 2. The van der Waals surface area contributed by atoms with Gasteiger partial charge in [-0.1, -0.05) is 48.7 Å². The van der Waals surface area contributed by atoms with Gasteiger partial charge in [-0.2, -0.15) is 0 Å². The summed E-state index contributed by atoms with van der Waals surface area (Å²) in [6.07, 6.45) is 0. The SMILES string of the molecule is C=C(c1ccc(C(=O)OC)cc1)c1ccc2c(c1)Nc1ccccc1S2. The standard InChI is InChI=1S/C22H17NO2S/c1-14(15-7-9-16(10-8-15)22(24)25-2)17-11-12-21-19(13-17)23-18-5-3-4-6-20(18)26-21/h3-13,23H,1H2,2H3. The van der Waals surface area contributed by atoms with Gasteiger partial charge in [0.05, 0.1) is 24.0 Å². The molecule has 0 bridgehead atoms. The van der Waals surface area contributed by atoms with Crippen LogP contribution < -0.4 is 5.32 Å². The van der Waals surface area contributed by atoms with Gasteiger partial charge in [0.2, 0.25) is 0 Å². The number of para-hydroxylation sites is 1. The highest BCUT2D eigenvalue weighted by atomic mass is 32.2. The molecule has 0 aromatic heterocycles. The Morgan fingerprint density at radius 1 is 0.885 bits per heavy atom. The maximum Gasteiger partial charge on any atom is 0.337 e. The fourth-order valence-corrected chi connectivity index (χ4v) is 3.89. The van der Waals surface area contributed by atoms with Crippen LogP contribution in [0, 0.1) is 0 Å². The molecule has 0 saturated carbocycles. The Morgan fingerprint density at radius 3 is 2.31 bits per heavy atom. The summed E-state index contributed by atoms with van der Waals surface area (Å²) in [7, 11) is 1.38. The van der Waals surface area contributed by atoms with Crippen LogP contribution in [0.1, 0.15) is 21.5 Å². The highest BCUT2D eigenvalue weighted by molar-refractivity contribution is 7.99. The van der Waals surface area contributed by atoms with E-state index in [0.29, 0.717) is 5.56 Å². The number of ether oxygens (including phenoxy) is 1. The predicted molar refractivity (Wildman–Crippen MR) is 106 cm³/mol. The van der Waals surface area contributed by atoms with E-state index in [0.717, 1.165) is 28.1 Å². The number of benzene rings is 3. The molecular weight excluding hydrogens is 342 g/mol. The van der Waals surface area contributed by atoms with Gasteiger partial charge in [0, 0.05) is 9.79 Å². The Bertz CT molecular complexity index is 1010. The highest BCUT2D eigenvalue weighted by Crippen LogP contribution is 2.44. The molecule has 0 saturated heterocycles. The fourth-order valence-electron chi connectivity index (χ4n) is 2.92. The molecule has 1 N–H and O–H groups in total. The van der Waals surface area contributed by atoms with Gasteiger partial charge in [0.15, 0.2) is 0 Å².